The number of rotatable bonds is 5. The van der Waals surface area contributed by atoms with E-state index in [0.717, 1.165) is 30.9 Å². The van der Waals surface area contributed by atoms with E-state index >= 15 is 0 Å². The molecule has 1 aliphatic heterocycles. The lowest BCUT2D eigenvalue weighted by molar-refractivity contribution is 0.140. The maximum atomic E-state index is 10.6. The number of aliphatic hydroxyl groups is 1. The van der Waals surface area contributed by atoms with Gasteiger partial charge in [-0.2, -0.15) is 5.10 Å². The number of benzene rings is 1. The van der Waals surface area contributed by atoms with Crippen molar-refractivity contribution in [3.8, 4) is 5.69 Å². The highest BCUT2D eigenvalue weighted by Crippen LogP contribution is 2.26. The molecule has 1 aliphatic rings. The number of aryl methyl sites for hydroxylation is 2. The van der Waals surface area contributed by atoms with E-state index in [2.05, 4.69) is 45.9 Å². The van der Waals surface area contributed by atoms with Crippen LogP contribution in [0.5, 0.6) is 0 Å². The van der Waals surface area contributed by atoms with Gasteiger partial charge in [-0.05, 0) is 37.5 Å². The summed E-state index contributed by atoms with van der Waals surface area (Å²) in [6, 6.07) is 6.36. The molecule has 0 bridgehead atoms. The largest absolute Gasteiger partial charge is 0.391 e. The molecule has 1 saturated heterocycles. The van der Waals surface area contributed by atoms with E-state index in [9.17, 15) is 5.11 Å². The van der Waals surface area contributed by atoms with Gasteiger partial charge in [-0.15, -0.1) is 0 Å². The molecule has 6 nitrogen and oxygen atoms in total. The van der Waals surface area contributed by atoms with E-state index in [0.29, 0.717) is 6.54 Å². The third-order valence-electron chi connectivity index (χ3n) is 5.22. The molecule has 4 rings (SSSR count). The number of aromatic nitrogens is 4. The number of likely N-dealkylation sites (tertiary alicyclic amines) is 1. The molecule has 3 aromatic rings. The Morgan fingerprint density at radius 2 is 2.04 bits per heavy atom. The van der Waals surface area contributed by atoms with Crippen LogP contribution >= 0.6 is 0 Å². The molecular formula is C21H25N5O. The first-order chi connectivity index (χ1) is 13.1. The van der Waals surface area contributed by atoms with Gasteiger partial charge in [0.15, 0.2) is 0 Å². The quantitative estimate of drug-likeness (QED) is 0.753. The summed E-state index contributed by atoms with van der Waals surface area (Å²) >= 11 is 0. The maximum Gasteiger partial charge on any atom is 0.0719 e. The van der Waals surface area contributed by atoms with Crippen molar-refractivity contribution in [1.82, 2.24) is 24.6 Å². The molecule has 1 aromatic carbocycles. The van der Waals surface area contributed by atoms with Crippen LogP contribution in [0.15, 0.2) is 49.2 Å². The summed E-state index contributed by atoms with van der Waals surface area (Å²) in [4.78, 5) is 10.8. The number of nitrogens with zero attached hydrogens (tertiary/aromatic N) is 5. The van der Waals surface area contributed by atoms with Gasteiger partial charge in [0.25, 0.3) is 0 Å². The maximum absolute atomic E-state index is 10.6. The van der Waals surface area contributed by atoms with Crippen molar-refractivity contribution in [2.24, 2.45) is 5.92 Å². The SMILES string of the molecule is Cc1cc(C)c(-n2cccn2)c(CN2C[C@@H](Cc3cnccn3)[C@H](O)C2)c1. The Bertz CT molecular complexity index is 894. The van der Waals surface area contributed by atoms with Gasteiger partial charge in [-0.3, -0.25) is 14.9 Å². The van der Waals surface area contributed by atoms with Crippen LogP contribution < -0.4 is 0 Å². The first-order valence-electron chi connectivity index (χ1n) is 9.35. The highest BCUT2D eigenvalue weighted by atomic mass is 16.3. The molecule has 27 heavy (non-hydrogen) atoms. The van der Waals surface area contributed by atoms with Crippen LogP contribution in [0.2, 0.25) is 0 Å². The van der Waals surface area contributed by atoms with Gasteiger partial charge < -0.3 is 5.11 Å². The summed E-state index contributed by atoms with van der Waals surface area (Å²) in [6.07, 6.45) is 9.37. The van der Waals surface area contributed by atoms with Crippen molar-refractivity contribution in [1.29, 1.82) is 0 Å². The summed E-state index contributed by atoms with van der Waals surface area (Å²) in [5.74, 6) is 0.181. The zero-order valence-electron chi connectivity index (χ0n) is 15.8. The van der Waals surface area contributed by atoms with E-state index < -0.39 is 0 Å². The Kier molecular flexibility index (Phi) is 5.01. The van der Waals surface area contributed by atoms with Crippen molar-refractivity contribution >= 4 is 0 Å². The summed E-state index contributed by atoms with van der Waals surface area (Å²) < 4.78 is 1.94. The molecule has 1 N–H and O–H groups in total. The van der Waals surface area contributed by atoms with Gasteiger partial charge in [-0.1, -0.05) is 17.7 Å². The van der Waals surface area contributed by atoms with Gasteiger partial charge in [0.2, 0.25) is 0 Å². The second-order valence-electron chi connectivity index (χ2n) is 7.46. The molecule has 140 valence electrons. The monoisotopic (exact) mass is 363 g/mol. The predicted octanol–water partition coefficient (Wildman–Crippen LogP) is 2.31. The predicted molar refractivity (Wildman–Crippen MR) is 104 cm³/mol. The molecule has 0 aliphatic carbocycles. The lowest BCUT2D eigenvalue weighted by Crippen LogP contribution is -2.22. The number of β-amino-alcohol motifs (C(OH)–C–C–N with tert-alkyl or cyclic N) is 1. The second kappa shape index (κ2) is 7.58. The highest BCUT2D eigenvalue weighted by molar-refractivity contribution is 5.49. The Morgan fingerprint density at radius 1 is 1.15 bits per heavy atom. The molecule has 2 aromatic heterocycles. The van der Waals surface area contributed by atoms with Crippen LogP contribution in [0.4, 0.5) is 0 Å². The Hall–Kier alpha value is -2.57. The van der Waals surface area contributed by atoms with E-state index in [-0.39, 0.29) is 12.0 Å². The third kappa shape index (κ3) is 3.91. The highest BCUT2D eigenvalue weighted by Gasteiger charge is 2.32. The third-order valence-corrected chi connectivity index (χ3v) is 5.22. The smallest absolute Gasteiger partial charge is 0.0719 e. The lowest BCUT2D eigenvalue weighted by Gasteiger charge is -2.20. The van der Waals surface area contributed by atoms with Crippen molar-refractivity contribution < 1.29 is 5.11 Å². The molecule has 0 spiro atoms. The zero-order chi connectivity index (χ0) is 18.8. The molecule has 0 amide bonds. The molecule has 1 fully saturated rings. The molecule has 0 unspecified atom stereocenters. The minimum Gasteiger partial charge on any atom is -0.391 e. The average Bonchev–Trinajstić information content (AvgIpc) is 3.26. The van der Waals surface area contributed by atoms with Crippen LogP contribution in [0.3, 0.4) is 0 Å². The fourth-order valence-electron chi connectivity index (χ4n) is 4.11. The van der Waals surface area contributed by atoms with Crippen molar-refractivity contribution in [3.05, 3.63) is 71.6 Å². The topological polar surface area (TPSA) is 67.1 Å². The Morgan fingerprint density at radius 3 is 2.78 bits per heavy atom. The Labute approximate surface area is 159 Å². The van der Waals surface area contributed by atoms with Gasteiger partial charge in [0.05, 0.1) is 17.5 Å². The second-order valence-corrected chi connectivity index (χ2v) is 7.46. The van der Waals surface area contributed by atoms with Crippen LogP contribution in [-0.2, 0) is 13.0 Å². The van der Waals surface area contributed by atoms with Gasteiger partial charge >= 0.3 is 0 Å². The molecule has 2 atom stereocenters. The minimum absolute atomic E-state index is 0.181. The van der Waals surface area contributed by atoms with E-state index in [1.54, 1.807) is 24.8 Å². The van der Waals surface area contributed by atoms with Crippen molar-refractivity contribution in [2.75, 3.05) is 13.1 Å². The Balaban J connectivity index is 1.53. The first-order valence-corrected chi connectivity index (χ1v) is 9.35. The van der Waals surface area contributed by atoms with Crippen molar-refractivity contribution in [3.63, 3.8) is 0 Å². The van der Waals surface area contributed by atoms with Crippen LogP contribution in [0.25, 0.3) is 5.69 Å². The lowest BCUT2D eigenvalue weighted by atomic mass is 10.0. The summed E-state index contributed by atoms with van der Waals surface area (Å²) in [6.45, 7) is 6.58. The summed E-state index contributed by atoms with van der Waals surface area (Å²) in [7, 11) is 0. The standard InChI is InChI=1S/C21H25N5O/c1-15-8-16(2)21(26-7-3-4-24-26)18(9-15)13-25-12-17(20(27)14-25)10-19-11-22-5-6-23-19/h3-9,11,17,20,27H,10,12-14H2,1-2H3/t17-,20-/m1/s1. The number of hydrogen-bond donors (Lipinski definition) is 1. The average molecular weight is 363 g/mol. The molecule has 0 radical (unpaired) electrons. The fraction of sp³-hybridized carbons (Fsp3) is 0.381. The van der Waals surface area contributed by atoms with Crippen LogP contribution in [0.1, 0.15) is 22.4 Å². The number of aliphatic hydroxyl groups excluding tert-OH is 1. The van der Waals surface area contributed by atoms with Gasteiger partial charge in [0, 0.05) is 56.5 Å². The van der Waals surface area contributed by atoms with Crippen molar-refractivity contribution in [2.45, 2.75) is 32.9 Å². The zero-order valence-corrected chi connectivity index (χ0v) is 15.8. The molecule has 3 heterocycles. The van der Waals surface area contributed by atoms with E-state index in [1.807, 2.05) is 16.9 Å². The molecular weight excluding hydrogens is 338 g/mol. The minimum atomic E-state index is -0.342. The fourth-order valence-corrected chi connectivity index (χ4v) is 4.11. The van der Waals surface area contributed by atoms with Crippen LogP contribution in [0, 0.1) is 19.8 Å². The first kappa shape index (κ1) is 17.8. The van der Waals surface area contributed by atoms with E-state index in [1.165, 1.54) is 16.7 Å². The number of hydrogen-bond acceptors (Lipinski definition) is 5. The van der Waals surface area contributed by atoms with Gasteiger partial charge in [0.1, 0.15) is 0 Å². The molecule has 0 saturated carbocycles. The van der Waals surface area contributed by atoms with Gasteiger partial charge in [-0.25, -0.2) is 4.68 Å². The van der Waals surface area contributed by atoms with Crippen LogP contribution in [-0.4, -0.2) is 48.9 Å². The molecule has 6 heteroatoms. The van der Waals surface area contributed by atoms with E-state index in [4.69, 9.17) is 0 Å². The summed E-state index contributed by atoms with van der Waals surface area (Å²) in [5, 5.41) is 15.0. The normalized spacial score (nSPS) is 20.3. The summed E-state index contributed by atoms with van der Waals surface area (Å²) in [5.41, 5.74) is 5.77.